The van der Waals surface area contributed by atoms with Crippen LogP contribution >= 0.6 is 0 Å². The topological polar surface area (TPSA) is 57.8 Å². The van der Waals surface area contributed by atoms with Crippen molar-refractivity contribution in [1.29, 1.82) is 0 Å². The highest BCUT2D eigenvalue weighted by atomic mass is 19.4. The molecule has 0 saturated carbocycles. The number of benzene rings is 1. The molecule has 0 bridgehead atoms. The second-order valence-electron chi connectivity index (χ2n) is 5.13. The number of carbonyl (C=O) groups excluding carboxylic acids is 1. The summed E-state index contributed by atoms with van der Waals surface area (Å²) in [7, 11) is 0. The van der Waals surface area contributed by atoms with Crippen LogP contribution in [0.3, 0.4) is 0 Å². The highest BCUT2D eigenvalue weighted by Gasteiger charge is 2.28. The molecule has 1 aromatic carbocycles. The molecule has 3 aromatic rings. The normalized spacial score (nSPS) is 11.7. The Hall–Kier alpha value is -2.90. The second kappa shape index (κ2) is 5.95. The minimum Gasteiger partial charge on any atom is -0.345 e. The molecule has 0 saturated heterocycles. The first-order chi connectivity index (χ1) is 11.3. The fourth-order valence-corrected chi connectivity index (χ4v) is 2.29. The maximum atomic E-state index is 13.3. The maximum absolute atomic E-state index is 13.3. The van der Waals surface area contributed by atoms with Gasteiger partial charge in [0.2, 0.25) is 0 Å². The van der Waals surface area contributed by atoms with Crippen molar-refractivity contribution in [3.8, 4) is 11.1 Å². The summed E-state index contributed by atoms with van der Waals surface area (Å²) >= 11 is 0. The van der Waals surface area contributed by atoms with Gasteiger partial charge < -0.3 is 10.3 Å². The molecule has 0 unspecified atom stereocenters. The van der Waals surface area contributed by atoms with Crippen LogP contribution in [0, 0.1) is 5.82 Å². The van der Waals surface area contributed by atoms with Crippen molar-refractivity contribution in [2.75, 3.05) is 6.54 Å². The smallest absolute Gasteiger partial charge is 0.345 e. The van der Waals surface area contributed by atoms with Gasteiger partial charge in [-0.15, -0.1) is 0 Å². The van der Waals surface area contributed by atoms with Crippen LogP contribution in [0.25, 0.3) is 22.2 Å². The summed E-state index contributed by atoms with van der Waals surface area (Å²) in [6.07, 6.45) is -1.71. The Bertz CT molecular complexity index is 902. The molecule has 4 nitrogen and oxygen atoms in total. The van der Waals surface area contributed by atoms with Crippen molar-refractivity contribution in [1.82, 2.24) is 15.3 Å². The fourth-order valence-electron chi connectivity index (χ4n) is 2.29. The van der Waals surface area contributed by atoms with Crippen molar-refractivity contribution in [2.24, 2.45) is 0 Å². The van der Waals surface area contributed by atoms with E-state index in [-0.39, 0.29) is 5.56 Å². The number of rotatable bonds is 3. The van der Waals surface area contributed by atoms with E-state index in [0.29, 0.717) is 22.2 Å². The molecule has 3 rings (SSSR count). The van der Waals surface area contributed by atoms with Crippen LogP contribution in [-0.2, 0) is 0 Å². The number of nitrogens with zero attached hydrogens (tertiary/aromatic N) is 1. The predicted molar refractivity (Wildman–Crippen MR) is 79.9 cm³/mol. The summed E-state index contributed by atoms with van der Waals surface area (Å²) in [5, 5.41) is 2.17. The molecule has 2 N–H and O–H groups in total. The number of pyridine rings is 1. The monoisotopic (exact) mass is 337 g/mol. The van der Waals surface area contributed by atoms with Crippen LogP contribution in [0.5, 0.6) is 0 Å². The number of hydrogen-bond acceptors (Lipinski definition) is 2. The molecule has 0 aliphatic carbocycles. The van der Waals surface area contributed by atoms with E-state index < -0.39 is 24.4 Å². The average molecular weight is 337 g/mol. The number of aromatic amines is 1. The van der Waals surface area contributed by atoms with E-state index in [0.717, 1.165) is 0 Å². The number of amides is 1. The van der Waals surface area contributed by atoms with Crippen LogP contribution in [0.2, 0.25) is 0 Å². The minimum absolute atomic E-state index is 0.0417. The third-order valence-electron chi connectivity index (χ3n) is 3.38. The first-order valence-corrected chi connectivity index (χ1v) is 6.91. The van der Waals surface area contributed by atoms with Gasteiger partial charge in [-0.25, -0.2) is 9.37 Å². The Kier molecular flexibility index (Phi) is 3.96. The molecule has 124 valence electrons. The van der Waals surface area contributed by atoms with E-state index >= 15 is 0 Å². The lowest BCUT2D eigenvalue weighted by Crippen LogP contribution is -2.33. The molecule has 0 radical (unpaired) electrons. The van der Waals surface area contributed by atoms with Gasteiger partial charge in [-0.3, -0.25) is 4.79 Å². The van der Waals surface area contributed by atoms with E-state index in [9.17, 15) is 22.4 Å². The standard InChI is InChI=1S/C16H11F4N3O/c17-11-3-1-2-9(4-11)10-5-12-13(7-22-14(12)21-6-10)15(24)23-8-16(18,19)20/h1-7H,8H2,(H,21,22)(H,23,24). The van der Waals surface area contributed by atoms with Gasteiger partial charge in [0.25, 0.3) is 5.91 Å². The molecule has 0 spiro atoms. The van der Waals surface area contributed by atoms with Crippen LogP contribution in [-0.4, -0.2) is 28.6 Å². The molecule has 0 aliphatic heterocycles. The highest BCUT2D eigenvalue weighted by Crippen LogP contribution is 2.25. The average Bonchev–Trinajstić information content (AvgIpc) is 2.95. The molecule has 0 atom stereocenters. The zero-order valence-electron chi connectivity index (χ0n) is 12.1. The lowest BCUT2D eigenvalue weighted by atomic mass is 10.1. The number of alkyl halides is 3. The summed E-state index contributed by atoms with van der Waals surface area (Å²) in [5.74, 6) is -1.29. The van der Waals surface area contributed by atoms with Gasteiger partial charge >= 0.3 is 6.18 Å². The zero-order chi connectivity index (χ0) is 17.3. The molecule has 2 aromatic heterocycles. The molecule has 2 heterocycles. The van der Waals surface area contributed by atoms with Crippen LogP contribution in [0.15, 0.2) is 42.7 Å². The maximum Gasteiger partial charge on any atom is 0.405 e. The molecule has 1 amide bonds. The zero-order valence-corrected chi connectivity index (χ0v) is 12.1. The largest absolute Gasteiger partial charge is 0.405 e. The number of halogens is 4. The first-order valence-electron chi connectivity index (χ1n) is 6.91. The Balaban J connectivity index is 1.96. The first kappa shape index (κ1) is 16.0. The lowest BCUT2D eigenvalue weighted by molar-refractivity contribution is -0.123. The number of carbonyl (C=O) groups is 1. The Labute approximate surface area is 133 Å². The van der Waals surface area contributed by atoms with E-state index in [1.54, 1.807) is 12.1 Å². The lowest BCUT2D eigenvalue weighted by Gasteiger charge is -2.08. The van der Waals surface area contributed by atoms with Crippen LogP contribution in [0.4, 0.5) is 17.6 Å². The van der Waals surface area contributed by atoms with Gasteiger partial charge in [-0.05, 0) is 23.8 Å². The van der Waals surface area contributed by atoms with Gasteiger partial charge in [0, 0.05) is 23.3 Å². The summed E-state index contributed by atoms with van der Waals surface area (Å²) in [6.45, 7) is -1.42. The third-order valence-corrected chi connectivity index (χ3v) is 3.38. The van der Waals surface area contributed by atoms with Gasteiger partial charge in [-0.2, -0.15) is 13.2 Å². The van der Waals surface area contributed by atoms with Gasteiger partial charge in [0.05, 0.1) is 5.56 Å². The molecular formula is C16H11F4N3O. The van der Waals surface area contributed by atoms with Gasteiger partial charge in [-0.1, -0.05) is 12.1 Å². The molecule has 0 fully saturated rings. The summed E-state index contributed by atoms with van der Waals surface area (Å²) < 4.78 is 50.0. The van der Waals surface area contributed by atoms with Crippen molar-refractivity contribution in [3.63, 3.8) is 0 Å². The van der Waals surface area contributed by atoms with Crippen molar-refractivity contribution in [3.05, 3.63) is 54.1 Å². The van der Waals surface area contributed by atoms with Gasteiger partial charge in [0.15, 0.2) is 0 Å². The quantitative estimate of drug-likeness (QED) is 0.717. The minimum atomic E-state index is -4.49. The number of nitrogens with one attached hydrogen (secondary N) is 2. The number of H-pyrrole nitrogens is 1. The van der Waals surface area contributed by atoms with E-state index in [2.05, 4.69) is 9.97 Å². The molecular weight excluding hydrogens is 326 g/mol. The highest BCUT2D eigenvalue weighted by molar-refractivity contribution is 6.06. The fraction of sp³-hybridized carbons (Fsp3) is 0.125. The second-order valence-corrected chi connectivity index (χ2v) is 5.13. The SMILES string of the molecule is O=C(NCC(F)(F)F)c1c[nH]c2ncc(-c3cccc(F)c3)cc12. The Morgan fingerprint density at radius 2 is 2.00 bits per heavy atom. The Morgan fingerprint density at radius 3 is 2.71 bits per heavy atom. The van der Waals surface area contributed by atoms with Crippen LogP contribution in [0.1, 0.15) is 10.4 Å². The third kappa shape index (κ3) is 3.37. The molecule has 0 aliphatic rings. The summed E-state index contributed by atoms with van der Waals surface area (Å²) in [4.78, 5) is 18.8. The van der Waals surface area contributed by atoms with Crippen molar-refractivity contribution in [2.45, 2.75) is 6.18 Å². The van der Waals surface area contributed by atoms with E-state index in [1.165, 1.54) is 30.6 Å². The molecule has 8 heteroatoms. The molecule has 24 heavy (non-hydrogen) atoms. The van der Waals surface area contributed by atoms with E-state index in [4.69, 9.17) is 0 Å². The van der Waals surface area contributed by atoms with Crippen molar-refractivity contribution >= 4 is 16.9 Å². The predicted octanol–water partition coefficient (Wildman–Crippen LogP) is 3.66. The summed E-state index contributed by atoms with van der Waals surface area (Å²) in [6, 6.07) is 7.38. The van der Waals surface area contributed by atoms with E-state index in [1.807, 2.05) is 5.32 Å². The van der Waals surface area contributed by atoms with Gasteiger partial charge in [0.1, 0.15) is 18.0 Å². The van der Waals surface area contributed by atoms with Crippen molar-refractivity contribution < 1.29 is 22.4 Å². The number of hydrogen-bond donors (Lipinski definition) is 2. The number of fused-ring (bicyclic) bond motifs is 1. The van der Waals surface area contributed by atoms with Crippen LogP contribution < -0.4 is 5.32 Å². The number of aromatic nitrogens is 2. The Morgan fingerprint density at radius 1 is 1.21 bits per heavy atom. The summed E-state index contributed by atoms with van der Waals surface area (Å²) in [5.41, 5.74) is 1.49.